The van der Waals surface area contributed by atoms with Crippen molar-refractivity contribution in [1.29, 1.82) is 0 Å². The van der Waals surface area contributed by atoms with Crippen LogP contribution in [-0.4, -0.2) is 15.4 Å². The van der Waals surface area contributed by atoms with E-state index in [2.05, 4.69) is 20.7 Å². The molecule has 4 aromatic rings. The van der Waals surface area contributed by atoms with Crippen LogP contribution in [0.2, 0.25) is 0 Å². The van der Waals surface area contributed by atoms with Gasteiger partial charge in [0.2, 0.25) is 5.89 Å². The van der Waals surface area contributed by atoms with Crippen LogP contribution in [0.3, 0.4) is 0 Å². The van der Waals surface area contributed by atoms with Gasteiger partial charge in [0.1, 0.15) is 17.0 Å². The van der Waals surface area contributed by atoms with Gasteiger partial charge in [0.15, 0.2) is 11.6 Å². The lowest BCUT2D eigenvalue weighted by atomic mass is 10.1. The molecule has 0 amide bonds. The summed E-state index contributed by atoms with van der Waals surface area (Å²) in [6, 6.07) is 13.1. The first kappa shape index (κ1) is 18.9. The molecule has 0 bridgehead atoms. The molecular formula is C21H18F2N4O2. The third-order valence-electron chi connectivity index (χ3n) is 4.59. The van der Waals surface area contributed by atoms with E-state index in [-0.39, 0.29) is 12.6 Å². The van der Waals surface area contributed by atoms with Gasteiger partial charge in [-0.05, 0) is 31.5 Å². The van der Waals surface area contributed by atoms with Gasteiger partial charge in [-0.2, -0.15) is 0 Å². The van der Waals surface area contributed by atoms with Crippen molar-refractivity contribution in [1.82, 2.24) is 20.7 Å². The first-order valence-corrected chi connectivity index (χ1v) is 9.05. The highest BCUT2D eigenvalue weighted by molar-refractivity contribution is 5.77. The normalized spacial score (nSPS) is 12.3. The number of hydrogen-bond donors (Lipinski definition) is 1. The van der Waals surface area contributed by atoms with E-state index in [1.54, 1.807) is 6.92 Å². The molecule has 1 atom stereocenters. The predicted octanol–water partition coefficient (Wildman–Crippen LogP) is 4.83. The number of halogens is 2. The molecule has 0 spiro atoms. The lowest BCUT2D eigenvalue weighted by Crippen LogP contribution is -2.18. The maximum atomic E-state index is 13.4. The molecule has 4 rings (SSSR count). The van der Waals surface area contributed by atoms with Gasteiger partial charge in [-0.25, -0.2) is 8.78 Å². The molecule has 2 heterocycles. The lowest BCUT2D eigenvalue weighted by Gasteiger charge is -2.12. The summed E-state index contributed by atoms with van der Waals surface area (Å²) in [5.41, 5.74) is 2.76. The number of hydrogen-bond acceptors (Lipinski definition) is 6. The molecule has 2 aromatic heterocycles. The monoisotopic (exact) mass is 396 g/mol. The summed E-state index contributed by atoms with van der Waals surface area (Å²) in [6.07, 6.45) is 0. The second-order valence-corrected chi connectivity index (χ2v) is 6.61. The molecule has 0 unspecified atom stereocenters. The summed E-state index contributed by atoms with van der Waals surface area (Å²) in [7, 11) is 0. The van der Waals surface area contributed by atoms with Crippen molar-refractivity contribution < 1.29 is 17.7 Å². The quantitative estimate of drug-likeness (QED) is 0.503. The standard InChI is InChI=1S/C21H18F2N4O2/c1-12(15-8-9-16(22)17(23)10-15)24-11-18-25-26-21(28-18)19-13(2)29-27-20(19)14-6-4-3-5-7-14/h3-10,12,24H,11H2,1-2H3/t12-/m1/s1. The molecule has 0 aliphatic carbocycles. The number of nitrogens with zero attached hydrogens (tertiary/aromatic N) is 3. The Morgan fingerprint density at radius 1 is 1.03 bits per heavy atom. The van der Waals surface area contributed by atoms with E-state index in [0.29, 0.717) is 34.4 Å². The summed E-state index contributed by atoms with van der Waals surface area (Å²) < 4.78 is 37.6. The predicted molar refractivity (Wildman–Crippen MR) is 102 cm³/mol. The SMILES string of the molecule is Cc1onc(-c2ccccc2)c1-c1nnc(CN[C@H](C)c2ccc(F)c(F)c2)o1. The topological polar surface area (TPSA) is 77.0 Å². The van der Waals surface area contributed by atoms with Crippen molar-refractivity contribution in [2.75, 3.05) is 0 Å². The summed E-state index contributed by atoms with van der Waals surface area (Å²) >= 11 is 0. The van der Waals surface area contributed by atoms with E-state index in [4.69, 9.17) is 8.94 Å². The van der Waals surface area contributed by atoms with E-state index < -0.39 is 11.6 Å². The van der Waals surface area contributed by atoms with Crippen LogP contribution < -0.4 is 5.32 Å². The van der Waals surface area contributed by atoms with Crippen LogP contribution in [0, 0.1) is 18.6 Å². The van der Waals surface area contributed by atoms with Gasteiger partial charge in [-0.3, -0.25) is 0 Å². The zero-order valence-corrected chi connectivity index (χ0v) is 15.8. The third-order valence-corrected chi connectivity index (χ3v) is 4.59. The molecule has 0 fully saturated rings. The Labute approximate surface area is 165 Å². The largest absolute Gasteiger partial charge is 0.419 e. The average Bonchev–Trinajstić information content (AvgIpc) is 3.35. The summed E-state index contributed by atoms with van der Waals surface area (Å²) in [6.45, 7) is 3.88. The number of rotatable bonds is 6. The second-order valence-electron chi connectivity index (χ2n) is 6.61. The average molecular weight is 396 g/mol. The van der Waals surface area contributed by atoms with Crippen LogP contribution in [0.4, 0.5) is 8.78 Å². The molecule has 0 saturated heterocycles. The highest BCUT2D eigenvalue weighted by Crippen LogP contribution is 2.33. The van der Waals surface area contributed by atoms with Crippen LogP contribution in [0.1, 0.15) is 30.2 Å². The Morgan fingerprint density at radius 2 is 1.83 bits per heavy atom. The fraction of sp³-hybridized carbons (Fsp3) is 0.190. The Morgan fingerprint density at radius 3 is 2.59 bits per heavy atom. The fourth-order valence-electron chi connectivity index (χ4n) is 2.98. The lowest BCUT2D eigenvalue weighted by molar-refractivity contribution is 0.399. The van der Waals surface area contributed by atoms with Gasteiger partial charge in [-0.1, -0.05) is 41.6 Å². The molecule has 6 nitrogen and oxygen atoms in total. The zero-order valence-electron chi connectivity index (χ0n) is 15.8. The molecule has 0 saturated carbocycles. The molecule has 8 heteroatoms. The van der Waals surface area contributed by atoms with E-state index >= 15 is 0 Å². The molecule has 0 radical (unpaired) electrons. The maximum absolute atomic E-state index is 13.4. The van der Waals surface area contributed by atoms with Crippen molar-refractivity contribution in [2.45, 2.75) is 26.4 Å². The van der Waals surface area contributed by atoms with E-state index in [9.17, 15) is 8.78 Å². The van der Waals surface area contributed by atoms with Crippen LogP contribution in [0.25, 0.3) is 22.7 Å². The van der Waals surface area contributed by atoms with Crippen LogP contribution in [0.15, 0.2) is 57.5 Å². The van der Waals surface area contributed by atoms with Gasteiger partial charge in [-0.15, -0.1) is 10.2 Å². The highest BCUT2D eigenvalue weighted by Gasteiger charge is 2.22. The van der Waals surface area contributed by atoms with Crippen molar-refractivity contribution in [3.05, 3.63) is 77.4 Å². The van der Waals surface area contributed by atoms with E-state index in [1.807, 2.05) is 37.3 Å². The van der Waals surface area contributed by atoms with Crippen molar-refractivity contribution in [3.8, 4) is 22.7 Å². The molecule has 148 valence electrons. The first-order valence-electron chi connectivity index (χ1n) is 9.05. The minimum atomic E-state index is -0.882. The first-order chi connectivity index (χ1) is 14.0. The Kier molecular flexibility index (Phi) is 5.18. The van der Waals surface area contributed by atoms with Gasteiger partial charge < -0.3 is 14.3 Å². The van der Waals surface area contributed by atoms with Crippen molar-refractivity contribution in [3.63, 3.8) is 0 Å². The van der Waals surface area contributed by atoms with Gasteiger partial charge >= 0.3 is 0 Å². The minimum absolute atomic E-state index is 0.238. The number of benzene rings is 2. The fourth-order valence-corrected chi connectivity index (χ4v) is 2.98. The number of aromatic nitrogens is 3. The molecule has 2 aromatic carbocycles. The van der Waals surface area contributed by atoms with Gasteiger partial charge in [0.05, 0.1) is 6.54 Å². The van der Waals surface area contributed by atoms with E-state index in [1.165, 1.54) is 12.1 Å². The summed E-state index contributed by atoms with van der Waals surface area (Å²) in [4.78, 5) is 0. The van der Waals surface area contributed by atoms with Crippen molar-refractivity contribution in [2.24, 2.45) is 0 Å². The Hall–Kier alpha value is -3.39. The molecule has 1 N–H and O–H groups in total. The van der Waals surface area contributed by atoms with E-state index in [0.717, 1.165) is 11.6 Å². The molecule has 0 aliphatic rings. The van der Waals surface area contributed by atoms with Gasteiger partial charge in [0, 0.05) is 11.6 Å². The minimum Gasteiger partial charge on any atom is -0.419 e. The Balaban J connectivity index is 1.51. The van der Waals surface area contributed by atoms with Crippen LogP contribution in [-0.2, 0) is 6.54 Å². The van der Waals surface area contributed by atoms with Crippen LogP contribution >= 0.6 is 0 Å². The number of aryl methyl sites for hydroxylation is 1. The van der Waals surface area contributed by atoms with Crippen LogP contribution in [0.5, 0.6) is 0 Å². The smallest absolute Gasteiger partial charge is 0.253 e. The third kappa shape index (κ3) is 3.93. The Bertz CT molecular complexity index is 1120. The van der Waals surface area contributed by atoms with Crippen molar-refractivity contribution >= 4 is 0 Å². The maximum Gasteiger partial charge on any atom is 0.253 e. The zero-order chi connectivity index (χ0) is 20.4. The highest BCUT2D eigenvalue weighted by atomic mass is 19.2. The molecular weight excluding hydrogens is 378 g/mol. The van der Waals surface area contributed by atoms with Gasteiger partial charge in [0.25, 0.3) is 5.89 Å². The molecule has 29 heavy (non-hydrogen) atoms. The summed E-state index contributed by atoms with van der Waals surface area (Å²) in [5.74, 6) is -0.524. The number of nitrogens with one attached hydrogen (secondary N) is 1. The molecule has 0 aliphatic heterocycles. The summed E-state index contributed by atoms with van der Waals surface area (Å²) in [5, 5.41) is 15.5. The second kappa shape index (κ2) is 7.92.